The maximum Gasteiger partial charge on any atom is 0.349 e. The molecule has 0 bridgehead atoms. The average molecular weight is 272 g/mol. The fourth-order valence-electron chi connectivity index (χ4n) is 1.51. The van der Waals surface area contributed by atoms with E-state index in [1.54, 1.807) is 20.8 Å². The van der Waals surface area contributed by atoms with Crippen molar-refractivity contribution in [3.63, 3.8) is 0 Å². The molecule has 0 N–H and O–H groups in total. The predicted molar refractivity (Wildman–Crippen MR) is 80.2 cm³/mol. The molecule has 0 atom stereocenters. The number of hydrogen-bond acceptors (Lipinski definition) is 4. The van der Waals surface area contributed by atoms with Gasteiger partial charge in [0.25, 0.3) is 0 Å². The van der Waals surface area contributed by atoms with Crippen LogP contribution in [-0.4, -0.2) is 25.7 Å². The van der Waals surface area contributed by atoms with Gasteiger partial charge in [0, 0.05) is 19.8 Å². The number of carbonyl (C=O) groups is 1. The largest absolute Gasteiger partial charge is 0.456 e. The first kappa shape index (κ1) is 15.8. The summed E-state index contributed by atoms with van der Waals surface area (Å²) in [5, 5.41) is 9.07. The highest BCUT2D eigenvalue weighted by Crippen LogP contribution is 2.16. The van der Waals surface area contributed by atoms with Crippen LogP contribution in [0.1, 0.15) is 26.3 Å². The van der Waals surface area contributed by atoms with Crippen molar-refractivity contribution >= 4 is 17.7 Å². The molecule has 0 spiro atoms. The van der Waals surface area contributed by atoms with Gasteiger partial charge in [-0.1, -0.05) is 12.1 Å². The number of ether oxygens (including phenoxy) is 1. The molecule has 0 heterocycles. The summed E-state index contributed by atoms with van der Waals surface area (Å²) in [6.07, 6.45) is 1.54. The van der Waals surface area contributed by atoms with Crippen LogP contribution in [0.25, 0.3) is 6.08 Å². The number of nitrogens with zero attached hydrogens (tertiary/aromatic N) is 2. The van der Waals surface area contributed by atoms with Crippen LogP contribution >= 0.6 is 0 Å². The van der Waals surface area contributed by atoms with Gasteiger partial charge in [-0.05, 0) is 44.5 Å². The van der Waals surface area contributed by atoms with Crippen molar-refractivity contribution in [3.05, 3.63) is 35.4 Å². The highest BCUT2D eigenvalue weighted by molar-refractivity contribution is 5.98. The number of nitriles is 1. The lowest BCUT2D eigenvalue weighted by Gasteiger charge is -2.19. The topological polar surface area (TPSA) is 53.3 Å². The van der Waals surface area contributed by atoms with Crippen LogP contribution in [0.5, 0.6) is 0 Å². The zero-order valence-corrected chi connectivity index (χ0v) is 12.6. The van der Waals surface area contributed by atoms with Crippen molar-refractivity contribution in [3.8, 4) is 6.07 Å². The third kappa shape index (κ3) is 4.77. The molecule has 0 saturated heterocycles. The number of carbonyl (C=O) groups excluding carboxylic acids is 1. The third-order valence-corrected chi connectivity index (χ3v) is 2.46. The van der Waals surface area contributed by atoms with Crippen molar-refractivity contribution in [2.24, 2.45) is 0 Å². The summed E-state index contributed by atoms with van der Waals surface area (Å²) in [7, 11) is 3.90. The van der Waals surface area contributed by atoms with E-state index in [4.69, 9.17) is 10.00 Å². The van der Waals surface area contributed by atoms with Gasteiger partial charge in [-0.25, -0.2) is 4.79 Å². The molecule has 0 amide bonds. The highest BCUT2D eigenvalue weighted by atomic mass is 16.6. The zero-order chi connectivity index (χ0) is 15.3. The van der Waals surface area contributed by atoms with Crippen LogP contribution in [0.15, 0.2) is 29.8 Å². The second-order valence-corrected chi connectivity index (χ2v) is 5.66. The van der Waals surface area contributed by atoms with E-state index in [2.05, 4.69) is 0 Å². The Morgan fingerprint density at radius 3 is 2.20 bits per heavy atom. The van der Waals surface area contributed by atoms with Gasteiger partial charge in [0.15, 0.2) is 0 Å². The first-order valence-corrected chi connectivity index (χ1v) is 6.35. The second-order valence-electron chi connectivity index (χ2n) is 5.66. The van der Waals surface area contributed by atoms with E-state index < -0.39 is 11.6 Å². The molecule has 0 unspecified atom stereocenters. The summed E-state index contributed by atoms with van der Waals surface area (Å²) < 4.78 is 5.19. The molecule has 1 aromatic rings. The van der Waals surface area contributed by atoms with Crippen LogP contribution < -0.4 is 4.90 Å². The highest BCUT2D eigenvalue weighted by Gasteiger charge is 2.19. The van der Waals surface area contributed by atoms with Gasteiger partial charge in [-0.15, -0.1) is 0 Å². The van der Waals surface area contributed by atoms with E-state index in [-0.39, 0.29) is 5.57 Å². The number of benzene rings is 1. The second kappa shape index (κ2) is 6.25. The molecule has 0 aliphatic rings. The van der Waals surface area contributed by atoms with Crippen molar-refractivity contribution in [2.45, 2.75) is 26.4 Å². The molecule has 0 aromatic heterocycles. The lowest BCUT2D eigenvalue weighted by molar-refractivity contribution is -0.149. The normalized spacial score (nSPS) is 11.7. The Hall–Kier alpha value is -2.28. The summed E-state index contributed by atoms with van der Waals surface area (Å²) in [6.45, 7) is 5.31. The lowest BCUT2D eigenvalue weighted by Crippen LogP contribution is -2.24. The Bertz CT molecular complexity index is 543. The minimum absolute atomic E-state index is 0.00229. The maximum absolute atomic E-state index is 11.8. The van der Waals surface area contributed by atoms with Gasteiger partial charge in [-0.3, -0.25) is 0 Å². The van der Waals surface area contributed by atoms with Crippen LogP contribution in [0, 0.1) is 11.3 Å². The van der Waals surface area contributed by atoms with E-state index in [0.717, 1.165) is 11.3 Å². The fraction of sp³-hybridized carbons (Fsp3) is 0.375. The summed E-state index contributed by atoms with van der Waals surface area (Å²) >= 11 is 0. The maximum atomic E-state index is 11.8. The number of hydrogen-bond donors (Lipinski definition) is 0. The molecule has 0 fully saturated rings. The Labute approximate surface area is 120 Å². The van der Waals surface area contributed by atoms with E-state index in [9.17, 15) is 4.79 Å². The molecule has 20 heavy (non-hydrogen) atoms. The standard InChI is InChI=1S/C16H20N2O2/c1-16(2,3)20-15(19)13(11-17)10-12-6-8-14(9-7-12)18(4)5/h6-10H,1-5H3/b13-10+. The fourth-order valence-corrected chi connectivity index (χ4v) is 1.51. The number of anilines is 1. The van der Waals surface area contributed by atoms with Crippen LogP contribution in [0.3, 0.4) is 0 Å². The first-order valence-electron chi connectivity index (χ1n) is 6.35. The summed E-state index contributed by atoms with van der Waals surface area (Å²) in [4.78, 5) is 13.8. The molecule has 0 saturated carbocycles. The molecule has 106 valence electrons. The molecule has 4 heteroatoms. The Kier molecular flexibility index (Phi) is 4.93. The minimum atomic E-state index is -0.609. The van der Waals surface area contributed by atoms with E-state index in [1.165, 1.54) is 6.08 Å². The smallest absolute Gasteiger partial charge is 0.349 e. The molecule has 0 aliphatic heterocycles. The summed E-state index contributed by atoms with van der Waals surface area (Å²) in [5.74, 6) is -0.600. The molecular weight excluding hydrogens is 252 g/mol. The Balaban J connectivity index is 2.95. The van der Waals surface area contributed by atoms with E-state index >= 15 is 0 Å². The minimum Gasteiger partial charge on any atom is -0.456 e. The molecule has 0 aliphatic carbocycles. The number of rotatable bonds is 3. The van der Waals surface area contributed by atoms with Crippen molar-refractivity contribution < 1.29 is 9.53 Å². The SMILES string of the molecule is CN(C)c1ccc(/C=C(\C#N)C(=O)OC(C)(C)C)cc1. The van der Waals surface area contributed by atoms with Gasteiger partial charge >= 0.3 is 5.97 Å². The first-order chi connectivity index (χ1) is 9.23. The summed E-state index contributed by atoms with van der Waals surface area (Å²) in [6, 6.07) is 9.46. The van der Waals surface area contributed by atoms with Crippen LogP contribution in [-0.2, 0) is 9.53 Å². The van der Waals surface area contributed by atoms with Crippen molar-refractivity contribution in [1.29, 1.82) is 5.26 Å². The third-order valence-electron chi connectivity index (χ3n) is 2.46. The van der Waals surface area contributed by atoms with Gasteiger partial charge in [0.05, 0.1) is 0 Å². The Morgan fingerprint density at radius 1 is 1.25 bits per heavy atom. The monoisotopic (exact) mass is 272 g/mol. The molecule has 4 nitrogen and oxygen atoms in total. The number of esters is 1. The van der Waals surface area contributed by atoms with Crippen LogP contribution in [0.2, 0.25) is 0 Å². The predicted octanol–water partition coefficient (Wildman–Crippen LogP) is 3.00. The summed E-state index contributed by atoms with van der Waals surface area (Å²) in [5.41, 5.74) is 1.23. The Morgan fingerprint density at radius 2 is 1.80 bits per heavy atom. The van der Waals surface area contributed by atoms with E-state index in [1.807, 2.05) is 49.3 Å². The average Bonchev–Trinajstić information content (AvgIpc) is 2.34. The van der Waals surface area contributed by atoms with Crippen molar-refractivity contribution in [1.82, 2.24) is 0 Å². The molecule has 1 aromatic carbocycles. The molecular formula is C16H20N2O2. The quantitative estimate of drug-likeness (QED) is 0.482. The molecule has 0 radical (unpaired) electrons. The van der Waals surface area contributed by atoms with Crippen molar-refractivity contribution in [2.75, 3.05) is 19.0 Å². The molecule has 1 rings (SSSR count). The van der Waals surface area contributed by atoms with Gasteiger partial charge in [-0.2, -0.15) is 5.26 Å². The van der Waals surface area contributed by atoms with Gasteiger partial charge < -0.3 is 9.64 Å². The zero-order valence-electron chi connectivity index (χ0n) is 12.6. The van der Waals surface area contributed by atoms with E-state index in [0.29, 0.717) is 0 Å². The van der Waals surface area contributed by atoms with Crippen LogP contribution in [0.4, 0.5) is 5.69 Å². The van der Waals surface area contributed by atoms with Gasteiger partial charge in [0.2, 0.25) is 0 Å². The lowest BCUT2D eigenvalue weighted by atomic mass is 10.1. The van der Waals surface area contributed by atoms with Gasteiger partial charge in [0.1, 0.15) is 17.2 Å².